The number of benzene rings is 1. The summed E-state index contributed by atoms with van der Waals surface area (Å²) in [6, 6.07) is 8.25. The van der Waals surface area contributed by atoms with Crippen LogP contribution >= 0.6 is 0 Å². The minimum Gasteiger partial charge on any atom is -0.381 e. The Hall–Kier alpha value is -2.63. The smallest absolute Gasteiger partial charge is 0.143 e. The van der Waals surface area contributed by atoms with Gasteiger partial charge in [-0.1, -0.05) is 0 Å². The number of tetrazole rings is 1. The van der Waals surface area contributed by atoms with E-state index in [1.807, 2.05) is 36.9 Å². The Morgan fingerprint density at radius 3 is 2.80 bits per heavy atom. The van der Waals surface area contributed by atoms with Gasteiger partial charge >= 0.3 is 0 Å². The van der Waals surface area contributed by atoms with Crippen molar-refractivity contribution in [1.82, 2.24) is 24.8 Å². The van der Waals surface area contributed by atoms with Gasteiger partial charge in [-0.05, 0) is 52.7 Å². The summed E-state index contributed by atoms with van der Waals surface area (Å²) in [5, 5.41) is 14.6. The number of nitrogens with zero attached hydrogens (tertiary/aromatic N) is 5. The molecule has 1 aromatic carbocycles. The number of rotatable bonds is 4. The average Bonchev–Trinajstić information content (AvgIpc) is 3.08. The second-order valence-electron chi connectivity index (χ2n) is 4.79. The zero-order chi connectivity index (χ0) is 13.9. The molecular formula is C14H16N6. The number of hydrogen-bond acceptors (Lipinski definition) is 4. The van der Waals surface area contributed by atoms with Crippen LogP contribution in [-0.4, -0.2) is 24.8 Å². The van der Waals surface area contributed by atoms with Gasteiger partial charge in [0.1, 0.15) is 6.33 Å². The molecule has 0 radical (unpaired) electrons. The molecular weight excluding hydrogens is 252 g/mol. The van der Waals surface area contributed by atoms with Gasteiger partial charge in [-0.2, -0.15) is 0 Å². The highest BCUT2D eigenvalue weighted by Crippen LogP contribution is 2.18. The quantitative estimate of drug-likeness (QED) is 0.785. The second-order valence-corrected chi connectivity index (χ2v) is 4.79. The van der Waals surface area contributed by atoms with Gasteiger partial charge in [-0.3, -0.25) is 0 Å². The Morgan fingerprint density at radius 1 is 1.25 bits per heavy atom. The van der Waals surface area contributed by atoms with E-state index >= 15 is 0 Å². The Morgan fingerprint density at radius 2 is 2.15 bits per heavy atom. The Labute approximate surface area is 117 Å². The molecule has 0 bridgehead atoms. The van der Waals surface area contributed by atoms with Crippen molar-refractivity contribution in [3.8, 4) is 5.69 Å². The molecule has 0 aliphatic rings. The molecule has 2 heterocycles. The third-order valence-corrected chi connectivity index (χ3v) is 3.18. The summed E-state index contributed by atoms with van der Waals surface area (Å²) >= 11 is 0. The summed E-state index contributed by atoms with van der Waals surface area (Å²) in [6.07, 6.45) is 5.75. The maximum atomic E-state index is 3.91. The van der Waals surface area contributed by atoms with Gasteiger partial charge in [-0.25, -0.2) is 4.68 Å². The van der Waals surface area contributed by atoms with Crippen LogP contribution in [0, 0.1) is 6.92 Å². The van der Waals surface area contributed by atoms with Crippen molar-refractivity contribution in [2.45, 2.75) is 13.5 Å². The molecule has 102 valence electrons. The largest absolute Gasteiger partial charge is 0.381 e. The van der Waals surface area contributed by atoms with Gasteiger partial charge in [-0.15, -0.1) is 5.10 Å². The first-order valence-electron chi connectivity index (χ1n) is 6.41. The van der Waals surface area contributed by atoms with Gasteiger partial charge in [0, 0.05) is 31.7 Å². The molecule has 0 amide bonds. The van der Waals surface area contributed by atoms with Gasteiger partial charge in [0.15, 0.2) is 0 Å². The Bertz CT molecular complexity index is 698. The standard InChI is InChI=1S/C14H16N6/c1-11-7-13(15-8-12-5-6-19(2)9-12)3-4-14(11)20-10-16-17-18-20/h3-7,9-10,15H,8H2,1-2H3. The van der Waals surface area contributed by atoms with E-state index < -0.39 is 0 Å². The molecule has 0 spiro atoms. The normalized spacial score (nSPS) is 10.7. The predicted molar refractivity (Wildman–Crippen MR) is 76.6 cm³/mol. The van der Waals surface area contributed by atoms with E-state index in [1.54, 1.807) is 11.0 Å². The first kappa shape index (κ1) is 12.4. The molecule has 20 heavy (non-hydrogen) atoms. The molecule has 0 unspecified atom stereocenters. The molecule has 3 aromatic rings. The van der Waals surface area contributed by atoms with Crippen LogP contribution in [0.5, 0.6) is 0 Å². The fourth-order valence-corrected chi connectivity index (χ4v) is 2.16. The third-order valence-electron chi connectivity index (χ3n) is 3.18. The number of nitrogens with one attached hydrogen (secondary N) is 1. The lowest BCUT2D eigenvalue weighted by molar-refractivity contribution is 0.785. The molecule has 3 rings (SSSR count). The van der Waals surface area contributed by atoms with E-state index in [0.29, 0.717) is 0 Å². The summed E-state index contributed by atoms with van der Waals surface area (Å²) < 4.78 is 3.71. The monoisotopic (exact) mass is 268 g/mol. The van der Waals surface area contributed by atoms with E-state index in [-0.39, 0.29) is 0 Å². The maximum Gasteiger partial charge on any atom is 0.143 e. The van der Waals surface area contributed by atoms with Crippen LogP contribution < -0.4 is 5.32 Å². The van der Waals surface area contributed by atoms with Crippen molar-refractivity contribution in [2.75, 3.05) is 5.32 Å². The van der Waals surface area contributed by atoms with Crippen LogP contribution in [0.15, 0.2) is 43.0 Å². The van der Waals surface area contributed by atoms with Crippen LogP contribution in [0.1, 0.15) is 11.1 Å². The molecule has 0 saturated carbocycles. The summed E-state index contributed by atoms with van der Waals surface area (Å²) in [5.74, 6) is 0. The van der Waals surface area contributed by atoms with E-state index in [9.17, 15) is 0 Å². The number of anilines is 1. The lowest BCUT2D eigenvalue weighted by Gasteiger charge is -2.09. The molecule has 0 aliphatic carbocycles. The van der Waals surface area contributed by atoms with E-state index in [1.165, 1.54) is 5.56 Å². The summed E-state index contributed by atoms with van der Waals surface area (Å²) in [6.45, 7) is 2.86. The molecule has 6 nitrogen and oxygen atoms in total. The van der Waals surface area contributed by atoms with E-state index in [0.717, 1.165) is 23.5 Å². The van der Waals surface area contributed by atoms with Crippen molar-refractivity contribution in [2.24, 2.45) is 7.05 Å². The number of aromatic nitrogens is 5. The van der Waals surface area contributed by atoms with Crippen molar-refractivity contribution < 1.29 is 0 Å². The first-order valence-corrected chi connectivity index (χ1v) is 6.41. The minimum absolute atomic E-state index is 0.810. The zero-order valence-corrected chi connectivity index (χ0v) is 11.5. The highest BCUT2D eigenvalue weighted by Gasteiger charge is 2.04. The van der Waals surface area contributed by atoms with E-state index in [2.05, 4.69) is 39.2 Å². The molecule has 0 atom stereocenters. The summed E-state index contributed by atoms with van der Waals surface area (Å²) in [4.78, 5) is 0. The van der Waals surface area contributed by atoms with Crippen molar-refractivity contribution >= 4 is 5.69 Å². The predicted octanol–water partition coefficient (Wildman–Crippen LogP) is 1.92. The Balaban J connectivity index is 1.74. The topological polar surface area (TPSA) is 60.6 Å². The van der Waals surface area contributed by atoms with Gasteiger partial charge in [0.05, 0.1) is 5.69 Å². The third kappa shape index (κ3) is 2.54. The first-order chi connectivity index (χ1) is 9.72. The van der Waals surface area contributed by atoms with Crippen LogP contribution in [0.3, 0.4) is 0 Å². The molecule has 6 heteroatoms. The van der Waals surface area contributed by atoms with Gasteiger partial charge < -0.3 is 9.88 Å². The van der Waals surface area contributed by atoms with Gasteiger partial charge in [0.2, 0.25) is 0 Å². The van der Waals surface area contributed by atoms with Crippen molar-refractivity contribution in [3.05, 3.63) is 54.1 Å². The van der Waals surface area contributed by atoms with Crippen molar-refractivity contribution in [1.29, 1.82) is 0 Å². The summed E-state index contributed by atoms with van der Waals surface area (Å²) in [5.41, 5.74) is 4.45. The second kappa shape index (κ2) is 5.16. The molecule has 0 fully saturated rings. The molecule has 1 N–H and O–H groups in total. The van der Waals surface area contributed by atoms with Crippen LogP contribution in [-0.2, 0) is 13.6 Å². The summed E-state index contributed by atoms with van der Waals surface area (Å²) in [7, 11) is 2.02. The molecule has 0 saturated heterocycles. The lowest BCUT2D eigenvalue weighted by atomic mass is 10.1. The van der Waals surface area contributed by atoms with E-state index in [4.69, 9.17) is 0 Å². The fourth-order valence-electron chi connectivity index (χ4n) is 2.16. The minimum atomic E-state index is 0.810. The van der Waals surface area contributed by atoms with Crippen LogP contribution in [0.4, 0.5) is 5.69 Å². The number of hydrogen-bond donors (Lipinski definition) is 1. The number of aryl methyl sites for hydroxylation is 2. The van der Waals surface area contributed by atoms with Crippen LogP contribution in [0.2, 0.25) is 0 Å². The maximum absolute atomic E-state index is 3.91. The fraction of sp³-hybridized carbons (Fsp3) is 0.214. The average molecular weight is 268 g/mol. The zero-order valence-electron chi connectivity index (χ0n) is 11.5. The highest BCUT2D eigenvalue weighted by atomic mass is 15.5. The highest BCUT2D eigenvalue weighted by molar-refractivity contribution is 5.53. The molecule has 2 aromatic heterocycles. The SMILES string of the molecule is Cc1cc(NCc2ccn(C)c2)ccc1-n1cnnn1. The van der Waals surface area contributed by atoms with Gasteiger partial charge in [0.25, 0.3) is 0 Å². The lowest BCUT2D eigenvalue weighted by Crippen LogP contribution is -2.02. The van der Waals surface area contributed by atoms with Crippen molar-refractivity contribution in [3.63, 3.8) is 0 Å². The van der Waals surface area contributed by atoms with Crippen LogP contribution in [0.25, 0.3) is 5.69 Å². The Kier molecular flexibility index (Phi) is 3.20. The molecule has 0 aliphatic heterocycles.